The van der Waals surface area contributed by atoms with E-state index in [0.717, 1.165) is 17.3 Å². The second-order valence-electron chi connectivity index (χ2n) is 3.74. The van der Waals surface area contributed by atoms with Crippen LogP contribution in [0.5, 0.6) is 0 Å². The largest absolute Gasteiger partial charge is 0.270 e. The van der Waals surface area contributed by atoms with Gasteiger partial charge >= 0.3 is 0 Å². The molecular formula is C10H5N5O4. The zero-order valence-corrected chi connectivity index (χ0v) is 9.23. The van der Waals surface area contributed by atoms with E-state index in [1.165, 1.54) is 12.1 Å². The number of hydrogen-bond donors (Lipinski definition) is 1. The SMILES string of the molecule is O=C1c2ccc([N+](=O)[O-])cc2C(=O)N1c1ncn[nH]1. The van der Waals surface area contributed by atoms with Crippen LogP contribution < -0.4 is 4.90 Å². The molecule has 9 nitrogen and oxygen atoms in total. The minimum Gasteiger partial charge on any atom is -0.268 e. The van der Waals surface area contributed by atoms with Gasteiger partial charge in [0.1, 0.15) is 6.33 Å². The highest BCUT2D eigenvalue weighted by Crippen LogP contribution is 2.28. The van der Waals surface area contributed by atoms with Gasteiger partial charge in [0, 0.05) is 12.1 Å². The lowest BCUT2D eigenvalue weighted by Crippen LogP contribution is -2.30. The molecule has 94 valence electrons. The summed E-state index contributed by atoms with van der Waals surface area (Å²) in [6.45, 7) is 0. The number of nitrogens with one attached hydrogen (secondary N) is 1. The summed E-state index contributed by atoms with van der Waals surface area (Å²) in [4.78, 5) is 38.7. The second kappa shape index (κ2) is 3.70. The van der Waals surface area contributed by atoms with E-state index in [-0.39, 0.29) is 22.8 Å². The first-order valence-electron chi connectivity index (χ1n) is 5.12. The number of anilines is 1. The van der Waals surface area contributed by atoms with Crippen LogP contribution in [0.1, 0.15) is 20.7 Å². The van der Waals surface area contributed by atoms with Crippen LogP contribution >= 0.6 is 0 Å². The van der Waals surface area contributed by atoms with Gasteiger partial charge in [0.05, 0.1) is 16.1 Å². The van der Waals surface area contributed by atoms with Gasteiger partial charge in [-0.25, -0.2) is 10.00 Å². The topological polar surface area (TPSA) is 122 Å². The Morgan fingerprint density at radius 3 is 2.58 bits per heavy atom. The highest BCUT2D eigenvalue weighted by atomic mass is 16.6. The van der Waals surface area contributed by atoms with Crippen molar-refractivity contribution in [1.29, 1.82) is 0 Å². The summed E-state index contributed by atoms with van der Waals surface area (Å²) in [6.07, 6.45) is 1.15. The number of aromatic nitrogens is 3. The molecule has 3 rings (SSSR count). The van der Waals surface area contributed by atoms with E-state index in [2.05, 4.69) is 15.2 Å². The van der Waals surface area contributed by atoms with Crippen molar-refractivity contribution in [3.05, 3.63) is 45.8 Å². The maximum Gasteiger partial charge on any atom is 0.270 e. The van der Waals surface area contributed by atoms with E-state index < -0.39 is 16.7 Å². The minimum atomic E-state index is -0.666. The lowest BCUT2D eigenvalue weighted by atomic mass is 10.1. The van der Waals surface area contributed by atoms with Gasteiger partial charge in [0.2, 0.25) is 5.95 Å². The second-order valence-corrected chi connectivity index (χ2v) is 3.74. The number of carbonyl (C=O) groups is 2. The van der Waals surface area contributed by atoms with Crippen molar-refractivity contribution < 1.29 is 14.5 Å². The molecule has 2 amide bonds. The van der Waals surface area contributed by atoms with Crippen molar-refractivity contribution in [2.75, 3.05) is 4.90 Å². The van der Waals surface area contributed by atoms with Crippen LogP contribution in [-0.4, -0.2) is 31.9 Å². The molecule has 2 aromatic rings. The summed E-state index contributed by atoms with van der Waals surface area (Å²) < 4.78 is 0. The molecule has 1 N–H and O–H groups in total. The number of H-pyrrole nitrogens is 1. The third-order valence-electron chi connectivity index (χ3n) is 2.70. The Balaban J connectivity index is 2.12. The fourth-order valence-electron chi connectivity index (χ4n) is 1.84. The Morgan fingerprint density at radius 1 is 1.21 bits per heavy atom. The minimum absolute atomic E-state index is 0.0180. The molecule has 0 saturated carbocycles. The van der Waals surface area contributed by atoms with Crippen molar-refractivity contribution in [2.45, 2.75) is 0 Å². The summed E-state index contributed by atoms with van der Waals surface area (Å²) in [6, 6.07) is 3.50. The number of rotatable bonds is 2. The van der Waals surface area contributed by atoms with Gasteiger partial charge < -0.3 is 0 Å². The molecule has 2 heterocycles. The first-order chi connectivity index (χ1) is 9.09. The molecule has 0 spiro atoms. The van der Waals surface area contributed by atoms with Crippen molar-refractivity contribution in [1.82, 2.24) is 15.2 Å². The molecule has 0 unspecified atom stereocenters. The van der Waals surface area contributed by atoms with Crippen LogP contribution in [0.3, 0.4) is 0 Å². The van der Waals surface area contributed by atoms with E-state index in [4.69, 9.17) is 0 Å². The monoisotopic (exact) mass is 259 g/mol. The number of aromatic amines is 1. The Kier molecular flexibility index (Phi) is 2.14. The molecule has 0 saturated heterocycles. The molecule has 1 aliphatic heterocycles. The zero-order valence-electron chi connectivity index (χ0n) is 9.23. The number of imide groups is 1. The fraction of sp³-hybridized carbons (Fsp3) is 0. The number of hydrogen-bond acceptors (Lipinski definition) is 6. The van der Waals surface area contributed by atoms with E-state index in [1.807, 2.05) is 0 Å². The number of nitrogens with zero attached hydrogens (tertiary/aromatic N) is 4. The molecule has 9 heteroatoms. The van der Waals surface area contributed by atoms with Crippen LogP contribution in [0.25, 0.3) is 0 Å². The Labute approximate surface area is 105 Å². The van der Waals surface area contributed by atoms with Gasteiger partial charge in [-0.2, -0.15) is 10.1 Å². The molecule has 1 aromatic heterocycles. The molecule has 0 bridgehead atoms. The highest BCUT2D eigenvalue weighted by molar-refractivity contribution is 6.34. The molecule has 0 radical (unpaired) electrons. The lowest BCUT2D eigenvalue weighted by Gasteiger charge is -2.07. The first kappa shape index (κ1) is 11.0. The van der Waals surface area contributed by atoms with E-state index in [1.54, 1.807) is 0 Å². The summed E-state index contributed by atoms with van der Waals surface area (Å²) in [5, 5.41) is 16.6. The third-order valence-corrected chi connectivity index (χ3v) is 2.70. The number of carbonyl (C=O) groups excluding carboxylic acids is 2. The molecule has 19 heavy (non-hydrogen) atoms. The lowest BCUT2D eigenvalue weighted by molar-refractivity contribution is -0.384. The summed E-state index contributed by atoms with van der Waals surface area (Å²) in [7, 11) is 0. The average molecular weight is 259 g/mol. The summed E-state index contributed by atoms with van der Waals surface area (Å²) >= 11 is 0. The normalized spacial score (nSPS) is 13.8. The number of amides is 2. The van der Waals surface area contributed by atoms with Gasteiger partial charge in [-0.3, -0.25) is 19.7 Å². The average Bonchev–Trinajstić information content (AvgIpc) is 2.98. The van der Waals surface area contributed by atoms with Gasteiger partial charge in [-0.05, 0) is 6.07 Å². The van der Waals surface area contributed by atoms with E-state index in [9.17, 15) is 19.7 Å². The zero-order chi connectivity index (χ0) is 13.6. The number of benzene rings is 1. The maximum absolute atomic E-state index is 12.1. The smallest absolute Gasteiger partial charge is 0.268 e. The van der Waals surface area contributed by atoms with E-state index in [0.29, 0.717) is 0 Å². The standard InChI is InChI=1S/C10H5N5O4/c16-8-6-2-1-5(15(18)19)3-7(6)9(17)14(8)10-11-4-12-13-10/h1-4H,(H,11,12,13). The van der Waals surface area contributed by atoms with Crippen LogP contribution in [0, 0.1) is 10.1 Å². The Morgan fingerprint density at radius 2 is 1.95 bits per heavy atom. The van der Waals surface area contributed by atoms with E-state index >= 15 is 0 Å². The van der Waals surface area contributed by atoms with Gasteiger partial charge in [-0.1, -0.05) is 0 Å². The number of non-ortho nitro benzene ring substituents is 1. The Bertz CT molecular complexity index is 709. The molecule has 1 aliphatic rings. The molecule has 0 aliphatic carbocycles. The molecule has 0 atom stereocenters. The predicted octanol–water partition coefficient (Wildman–Crippen LogP) is 0.513. The summed E-state index contributed by atoms with van der Waals surface area (Å²) in [5.74, 6) is -1.28. The molecule has 0 fully saturated rings. The quantitative estimate of drug-likeness (QED) is 0.476. The third kappa shape index (κ3) is 1.48. The fourth-order valence-corrected chi connectivity index (χ4v) is 1.84. The van der Waals surface area contributed by atoms with Crippen LogP contribution in [0.15, 0.2) is 24.5 Å². The first-order valence-corrected chi connectivity index (χ1v) is 5.12. The summed E-state index contributed by atoms with van der Waals surface area (Å²) in [5.41, 5.74) is -0.165. The number of nitro benzene ring substituents is 1. The van der Waals surface area contributed by atoms with Gasteiger partial charge in [-0.15, -0.1) is 0 Å². The van der Waals surface area contributed by atoms with Crippen LogP contribution in [0.2, 0.25) is 0 Å². The number of nitro groups is 1. The molecular weight excluding hydrogens is 254 g/mol. The van der Waals surface area contributed by atoms with Crippen LogP contribution in [0.4, 0.5) is 11.6 Å². The molecule has 1 aromatic carbocycles. The van der Waals surface area contributed by atoms with Crippen LogP contribution in [-0.2, 0) is 0 Å². The maximum atomic E-state index is 12.1. The van der Waals surface area contributed by atoms with Gasteiger partial charge in [0.25, 0.3) is 17.5 Å². The highest BCUT2D eigenvalue weighted by Gasteiger charge is 2.39. The van der Waals surface area contributed by atoms with Gasteiger partial charge in [0.15, 0.2) is 0 Å². The van der Waals surface area contributed by atoms with Crippen molar-refractivity contribution in [3.63, 3.8) is 0 Å². The number of fused-ring (bicyclic) bond motifs is 1. The van der Waals surface area contributed by atoms with Crippen molar-refractivity contribution >= 4 is 23.5 Å². The Hall–Kier alpha value is -3.10. The van der Waals surface area contributed by atoms with Crippen molar-refractivity contribution in [3.8, 4) is 0 Å². The predicted molar refractivity (Wildman–Crippen MR) is 60.6 cm³/mol. The van der Waals surface area contributed by atoms with Crippen molar-refractivity contribution in [2.24, 2.45) is 0 Å².